The van der Waals surface area contributed by atoms with Crippen LogP contribution < -0.4 is 10.2 Å². The van der Waals surface area contributed by atoms with Crippen LogP contribution in [0.1, 0.15) is 25.3 Å². The highest BCUT2D eigenvalue weighted by Gasteiger charge is 2.17. The molecule has 3 rings (SSSR count). The Labute approximate surface area is 130 Å². The van der Waals surface area contributed by atoms with Crippen molar-refractivity contribution in [2.75, 3.05) is 23.3 Å². The Morgan fingerprint density at radius 2 is 2.05 bits per heavy atom. The van der Waals surface area contributed by atoms with E-state index < -0.39 is 0 Å². The maximum Gasteiger partial charge on any atom is 0.135 e. The van der Waals surface area contributed by atoms with Crippen molar-refractivity contribution in [1.82, 2.24) is 9.97 Å². The lowest BCUT2D eigenvalue weighted by atomic mass is 9.99. The topological polar surface area (TPSA) is 64.8 Å². The number of aromatic nitrogens is 2. The number of anilines is 3. The van der Waals surface area contributed by atoms with E-state index in [-0.39, 0.29) is 0 Å². The smallest absolute Gasteiger partial charge is 0.135 e. The molecule has 0 unspecified atom stereocenters. The van der Waals surface area contributed by atoms with Crippen molar-refractivity contribution in [2.24, 2.45) is 5.92 Å². The first kappa shape index (κ1) is 14.3. The van der Waals surface area contributed by atoms with Gasteiger partial charge in [0.15, 0.2) is 0 Å². The van der Waals surface area contributed by atoms with Crippen LogP contribution in [0, 0.1) is 17.2 Å². The molecule has 5 nitrogen and oxygen atoms in total. The summed E-state index contributed by atoms with van der Waals surface area (Å²) in [6, 6.07) is 11.5. The lowest BCUT2D eigenvalue weighted by molar-refractivity contribution is 0.436. The van der Waals surface area contributed by atoms with Crippen LogP contribution in [0.3, 0.4) is 0 Å². The Morgan fingerprint density at radius 3 is 2.82 bits per heavy atom. The van der Waals surface area contributed by atoms with Crippen LogP contribution in [0.25, 0.3) is 0 Å². The molecule has 0 spiro atoms. The molecule has 22 heavy (non-hydrogen) atoms. The number of benzene rings is 1. The van der Waals surface area contributed by atoms with Crippen molar-refractivity contribution in [3.8, 4) is 6.07 Å². The summed E-state index contributed by atoms with van der Waals surface area (Å²) in [6.45, 7) is 4.38. The fourth-order valence-electron chi connectivity index (χ4n) is 2.64. The first-order valence-corrected chi connectivity index (χ1v) is 7.59. The predicted molar refractivity (Wildman–Crippen MR) is 87.1 cm³/mol. The summed E-state index contributed by atoms with van der Waals surface area (Å²) in [6.07, 6.45) is 4.00. The Kier molecular flexibility index (Phi) is 4.19. The van der Waals surface area contributed by atoms with Gasteiger partial charge in [-0.2, -0.15) is 5.26 Å². The lowest BCUT2D eigenvalue weighted by Crippen LogP contribution is -2.33. The number of nitrogens with zero attached hydrogens (tertiary/aromatic N) is 4. The quantitative estimate of drug-likeness (QED) is 0.940. The highest BCUT2D eigenvalue weighted by Crippen LogP contribution is 2.23. The molecule has 1 aliphatic rings. The molecule has 1 saturated heterocycles. The summed E-state index contributed by atoms with van der Waals surface area (Å²) >= 11 is 0. The third kappa shape index (κ3) is 3.34. The van der Waals surface area contributed by atoms with Crippen molar-refractivity contribution < 1.29 is 0 Å². The number of hydrogen-bond donors (Lipinski definition) is 1. The van der Waals surface area contributed by atoms with Gasteiger partial charge in [0.1, 0.15) is 18.0 Å². The number of nitriles is 1. The van der Waals surface area contributed by atoms with Gasteiger partial charge in [-0.15, -0.1) is 0 Å². The van der Waals surface area contributed by atoms with Gasteiger partial charge in [-0.25, -0.2) is 9.97 Å². The van der Waals surface area contributed by atoms with Crippen LogP contribution in [0.5, 0.6) is 0 Å². The van der Waals surface area contributed by atoms with Crippen molar-refractivity contribution in [2.45, 2.75) is 19.8 Å². The predicted octanol–water partition coefficient (Wildman–Crippen LogP) is 3.33. The molecule has 112 valence electrons. The van der Waals surface area contributed by atoms with Gasteiger partial charge in [0.05, 0.1) is 11.6 Å². The van der Waals surface area contributed by atoms with E-state index in [9.17, 15) is 0 Å². The van der Waals surface area contributed by atoms with Gasteiger partial charge in [0.2, 0.25) is 0 Å². The SMILES string of the molecule is CC1CCN(c2cc(Nc3cccc(C#N)c3)ncn2)CC1. The molecule has 0 aliphatic carbocycles. The maximum atomic E-state index is 8.95. The molecule has 1 aliphatic heterocycles. The average molecular weight is 293 g/mol. The van der Waals surface area contributed by atoms with E-state index in [0.29, 0.717) is 5.56 Å². The number of nitrogens with one attached hydrogen (secondary N) is 1. The zero-order valence-electron chi connectivity index (χ0n) is 12.7. The minimum absolute atomic E-state index is 0.629. The Balaban J connectivity index is 1.75. The Bertz CT molecular complexity index is 683. The first-order valence-electron chi connectivity index (χ1n) is 7.59. The average Bonchev–Trinajstić information content (AvgIpc) is 2.56. The molecule has 5 heteroatoms. The molecule has 0 saturated carbocycles. The minimum Gasteiger partial charge on any atom is -0.356 e. The minimum atomic E-state index is 0.629. The van der Waals surface area contributed by atoms with Crippen molar-refractivity contribution in [1.29, 1.82) is 5.26 Å². The lowest BCUT2D eigenvalue weighted by Gasteiger charge is -2.31. The van der Waals surface area contributed by atoms with E-state index in [2.05, 4.69) is 33.2 Å². The standard InChI is InChI=1S/C17H19N5/c1-13-5-7-22(8-6-13)17-10-16(19-12-20-17)21-15-4-2-3-14(9-15)11-18/h2-4,9-10,12-13H,5-8H2,1H3,(H,19,20,21). The van der Waals surface area contributed by atoms with Gasteiger partial charge in [-0.05, 0) is 37.0 Å². The van der Waals surface area contributed by atoms with Gasteiger partial charge in [-0.1, -0.05) is 13.0 Å². The molecule has 0 bridgehead atoms. The second kappa shape index (κ2) is 6.44. The highest BCUT2D eigenvalue weighted by atomic mass is 15.2. The van der Waals surface area contributed by atoms with Crippen LogP contribution in [0.15, 0.2) is 36.7 Å². The number of hydrogen-bond acceptors (Lipinski definition) is 5. The van der Waals surface area contributed by atoms with Crippen molar-refractivity contribution >= 4 is 17.3 Å². The second-order valence-corrected chi connectivity index (χ2v) is 5.75. The molecule has 1 aromatic carbocycles. The molecule has 0 amide bonds. The van der Waals surface area contributed by atoms with Gasteiger partial charge < -0.3 is 10.2 Å². The number of piperidine rings is 1. The third-order valence-electron chi connectivity index (χ3n) is 4.02. The zero-order valence-corrected chi connectivity index (χ0v) is 12.7. The fourth-order valence-corrected chi connectivity index (χ4v) is 2.64. The van der Waals surface area contributed by atoms with E-state index in [4.69, 9.17) is 5.26 Å². The van der Waals surface area contributed by atoms with Gasteiger partial charge in [-0.3, -0.25) is 0 Å². The molecule has 0 atom stereocenters. The summed E-state index contributed by atoms with van der Waals surface area (Å²) in [5.41, 5.74) is 1.49. The molecule has 1 N–H and O–H groups in total. The van der Waals surface area contributed by atoms with Gasteiger partial charge in [0, 0.05) is 24.8 Å². The molecule has 2 aromatic rings. The highest BCUT2D eigenvalue weighted by molar-refractivity contribution is 5.61. The summed E-state index contributed by atoms with van der Waals surface area (Å²) in [5, 5.41) is 12.2. The summed E-state index contributed by atoms with van der Waals surface area (Å²) in [7, 11) is 0. The number of rotatable bonds is 3. The summed E-state index contributed by atoms with van der Waals surface area (Å²) in [4.78, 5) is 11.0. The molecule has 1 fully saturated rings. The fraction of sp³-hybridized carbons (Fsp3) is 0.353. The maximum absolute atomic E-state index is 8.95. The van der Waals surface area contributed by atoms with Crippen LogP contribution in [0.2, 0.25) is 0 Å². The molecular weight excluding hydrogens is 274 g/mol. The van der Waals surface area contributed by atoms with Crippen LogP contribution in [-0.4, -0.2) is 23.1 Å². The third-order valence-corrected chi connectivity index (χ3v) is 4.02. The van der Waals surface area contributed by atoms with E-state index in [0.717, 1.165) is 36.3 Å². The molecule has 0 radical (unpaired) electrons. The monoisotopic (exact) mass is 293 g/mol. The van der Waals surface area contributed by atoms with Crippen LogP contribution >= 0.6 is 0 Å². The molecule has 2 heterocycles. The Morgan fingerprint density at radius 1 is 1.23 bits per heavy atom. The van der Waals surface area contributed by atoms with Crippen molar-refractivity contribution in [3.63, 3.8) is 0 Å². The van der Waals surface area contributed by atoms with E-state index in [1.54, 1.807) is 12.4 Å². The van der Waals surface area contributed by atoms with Gasteiger partial charge in [0.25, 0.3) is 0 Å². The second-order valence-electron chi connectivity index (χ2n) is 5.75. The molecular formula is C17H19N5. The van der Waals surface area contributed by atoms with Crippen LogP contribution in [-0.2, 0) is 0 Å². The van der Waals surface area contributed by atoms with E-state index in [1.165, 1.54) is 12.8 Å². The zero-order chi connectivity index (χ0) is 15.4. The first-order chi connectivity index (χ1) is 10.7. The van der Waals surface area contributed by atoms with E-state index >= 15 is 0 Å². The van der Waals surface area contributed by atoms with Crippen molar-refractivity contribution in [3.05, 3.63) is 42.2 Å². The normalized spacial score (nSPS) is 15.4. The molecule has 1 aromatic heterocycles. The largest absolute Gasteiger partial charge is 0.356 e. The van der Waals surface area contributed by atoms with Crippen LogP contribution in [0.4, 0.5) is 17.3 Å². The summed E-state index contributed by atoms with van der Waals surface area (Å²) < 4.78 is 0. The Hall–Kier alpha value is -2.61. The van der Waals surface area contributed by atoms with Gasteiger partial charge >= 0.3 is 0 Å². The summed E-state index contributed by atoms with van der Waals surface area (Å²) in [5.74, 6) is 2.50. The van der Waals surface area contributed by atoms with E-state index in [1.807, 2.05) is 24.3 Å².